The molecule has 92 valence electrons. The van der Waals surface area contributed by atoms with Crippen LogP contribution in [0.2, 0.25) is 0 Å². The standard InChI is InChI=1S/C11H12F2N2O2/c12-10(13)8-16-6-7-17-9-2-1-4-15-5-3-14-11(9)15/h1-5,10H,6-8H2. The molecule has 2 heterocycles. The molecular weight excluding hydrogens is 230 g/mol. The first-order chi connectivity index (χ1) is 8.27. The van der Waals surface area contributed by atoms with Crippen molar-refractivity contribution in [3.8, 4) is 5.75 Å². The number of rotatable bonds is 6. The monoisotopic (exact) mass is 242 g/mol. The van der Waals surface area contributed by atoms with Crippen LogP contribution in [0, 0.1) is 0 Å². The van der Waals surface area contributed by atoms with Crippen molar-refractivity contribution in [3.63, 3.8) is 0 Å². The number of hydrogen-bond acceptors (Lipinski definition) is 3. The Morgan fingerprint density at radius 1 is 1.29 bits per heavy atom. The number of ether oxygens (including phenoxy) is 2. The summed E-state index contributed by atoms with van der Waals surface area (Å²) in [4.78, 5) is 4.12. The molecule has 0 bridgehead atoms. The third-order valence-electron chi connectivity index (χ3n) is 2.11. The minimum atomic E-state index is -2.44. The largest absolute Gasteiger partial charge is 0.487 e. The molecule has 0 radical (unpaired) electrons. The fourth-order valence-electron chi connectivity index (χ4n) is 1.42. The summed E-state index contributed by atoms with van der Waals surface area (Å²) in [6.45, 7) is -0.206. The number of alkyl halides is 2. The second-order valence-corrected chi connectivity index (χ2v) is 3.35. The van der Waals surface area contributed by atoms with Gasteiger partial charge < -0.3 is 13.9 Å². The highest BCUT2D eigenvalue weighted by Crippen LogP contribution is 2.16. The van der Waals surface area contributed by atoms with Crippen LogP contribution in [0.3, 0.4) is 0 Å². The van der Waals surface area contributed by atoms with Gasteiger partial charge in [0, 0.05) is 18.6 Å². The molecule has 2 aromatic heterocycles. The van der Waals surface area contributed by atoms with E-state index >= 15 is 0 Å². The molecule has 0 fully saturated rings. The Hall–Kier alpha value is -1.69. The number of fused-ring (bicyclic) bond motifs is 1. The Kier molecular flexibility index (Phi) is 3.87. The van der Waals surface area contributed by atoms with Gasteiger partial charge in [-0.05, 0) is 12.1 Å². The zero-order chi connectivity index (χ0) is 12.1. The minimum absolute atomic E-state index is 0.131. The zero-order valence-corrected chi connectivity index (χ0v) is 9.05. The van der Waals surface area contributed by atoms with Crippen molar-refractivity contribution in [2.24, 2.45) is 0 Å². The summed E-state index contributed by atoms with van der Waals surface area (Å²) < 4.78 is 35.5. The first-order valence-electron chi connectivity index (χ1n) is 5.18. The van der Waals surface area contributed by atoms with Crippen molar-refractivity contribution in [1.82, 2.24) is 9.38 Å². The Morgan fingerprint density at radius 2 is 2.18 bits per heavy atom. The van der Waals surface area contributed by atoms with Crippen LogP contribution >= 0.6 is 0 Å². The van der Waals surface area contributed by atoms with Gasteiger partial charge in [0.2, 0.25) is 0 Å². The maximum absolute atomic E-state index is 11.8. The van der Waals surface area contributed by atoms with E-state index in [2.05, 4.69) is 4.98 Å². The summed E-state index contributed by atoms with van der Waals surface area (Å²) in [7, 11) is 0. The van der Waals surface area contributed by atoms with Crippen LogP contribution in [-0.2, 0) is 4.74 Å². The van der Waals surface area contributed by atoms with Gasteiger partial charge in [0.15, 0.2) is 11.4 Å². The molecular formula is C11H12F2N2O2. The summed E-state index contributed by atoms with van der Waals surface area (Å²) in [5.41, 5.74) is 0.696. The van der Waals surface area contributed by atoms with Crippen LogP contribution in [0.5, 0.6) is 5.75 Å². The summed E-state index contributed by atoms with van der Waals surface area (Å²) in [6.07, 6.45) is 2.87. The van der Waals surface area contributed by atoms with E-state index in [4.69, 9.17) is 9.47 Å². The van der Waals surface area contributed by atoms with Crippen molar-refractivity contribution in [2.45, 2.75) is 6.43 Å². The number of pyridine rings is 1. The summed E-state index contributed by atoms with van der Waals surface area (Å²) >= 11 is 0. The lowest BCUT2D eigenvalue weighted by molar-refractivity contribution is 0.00772. The maximum atomic E-state index is 11.8. The van der Waals surface area contributed by atoms with Crippen molar-refractivity contribution in [3.05, 3.63) is 30.7 Å². The van der Waals surface area contributed by atoms with Gasteiger partial charge in [0.1, 0.15) is 13.2 Å². The van der Waals surface area contributed by atoms with E-state index in [1.165, 1.54) is 0 Å². The predicted octanol–water partition coefficient (Wildman–Crippen LogP) is 1.99. The molecule has 0 N–H and O–H groups in total. The molecule has 0 saturated carbocycles. The van der Waals surface area contributed by atoms with Gasteiger partial charge in [-0.1, -0.05) is 0 Å². The van der Waals surface area contributed by atoms with Crippen molar-refractivity contribution >= 4 is 5.65 Å². The van der Waals surface area contributed by atoms with E-state index in [-0.39, 0.29) is 13.2 Å². The van der Waals surface area contributed by atoms with Crippen molar-refractivity contribution in [1.29, 1.82) is 0 Å². The predicted molar refractivity (Wildman–Crippen MR) is 57.5 cm³/mol. The number of aromatic nitrogens is 2. The average molecular weight is 242 g/mol. The van der Waals surface area contributed by atoms with E-state index in [0.717, 1.165) is 0 Å². The molecule has 0 aromatic carbocycles. The minimum Gasteiger partial charge on any atom is -0.487 e. The van der Waals surface area contributed by atoms with E-state index in [9.17, 15) is 8.78 Å². The third-order valence-corrected chi connectivity index (χ3v) is 2.11. The Labute approximate surface area is 96.8 Å². The van der Waals surface area contributed by atoms with Gasteiger partial charge >= 0.3 is 0 Å². The molecule has 0 amide bonds. The van der Waals surface area contributed by atoms with Crippen LogP contribution < -0.4 is 4.74 Å². The molecule has 4 nitrogen and oxygen atoms in total. The smallest absolute Gasteiger partial charge is 0.261 e. The zero-order valence-electron chi connectivity index (χ0n) is 9.05. The first-order valence-corrected chi connectivity index (χ1v) is 5.18. The Balaban J connectivity index is 1.84. The highest BCUT2D eigenvalue weighted by atomic mass is 19.3. The molecule has 0 spiro atoms. The molecule has 0 aliphatic rings. The van der Waals surface area contributed by atoms with Crippen LogP contribution in [0.25, 0.3) is 5.65 Å². The molecule has 6 heteroatoms. The van der Waals surface area contributed by atoms with Gasteiger partial charge in [-0.25, -0.2) is 13.8 Å². The van der Waals surface area contributed by atoms with Gasteiger partial charge in [0.05, 0.1) is 6.61 Å². The lowest BCUT2D eigenvalue weighted by Crippen LogP contribution is -2.11. The lowest BCUT2D eigenvalue weighted by atomic mass is 10.4. The molecule has 0 unspecified atom stereocenters. The molecule has 0 saturated heterocycles. The molecule has 0 atom stereocenters. The average Bonchev–Trinajstić information content (AvgIpc) is 2.77. The van der Waals surface area contributed by atoms with Gasteiger partial charge in [-0.3, -0.25) is 0 Å². The Bertz CT molecular complexity index is 473. The third kappa shape index (κ3) is 3.13. The van der Waals surface area contributed by atoms with Crippen molar-refractivity contribution in [2.75, 3.05) is 19.8 Å². The Morgan fingerprint density at radius 3 is 3.00 bits per heavy atom. The highest BCUT2D eigenvalue weighted by molar-refractivity contribution is 5.53. The maximum Gasteiger partial charge on any atom is 0.261 e. The van der Waals surface area contributed by atoms with Crippen molar-refractivity contribution < 1.29 is 18.3 Å². The van der Waals surface area contributed by atoms with E-state index in [1.807, 2.05) is 16.7 Å². The lowest BCUT2D eigenvalue weighted by Gasteiger charge is -2.07. The topological polar surface area (TPSA) is 35.8 Å². The summed E-state index contributed by atoms with van der Waals surface area (Å²) in [6, 6.07) is 3.60. The fraction of sp³-hybridized carbons (Fsp3) is 0.364. The van der Waals surface area contributed by atoms with E-state index < -0.39 is 13.0 Å². The second-order valence-electron chi connectivity index (χ2n) is 3.35. The number of imidazole rings is 1. The molecule has 0 aliphatic carbocycles. The highest BCUT2D eigenvalue weighted by Gasteiger charge is 2.04. The first kappa shape index (κ1) is 11.8. The second kappa shape index (κ2) is 5.58. The number of nitrogens with zero attached hydrogens (tertiary/aromatic N) is 2. The molecule has 2 rings (SSSR count). The fourth-order valence-corrected chi connectivity index (χ4v) is 1.42. The number of halogens is 2. The summed E-state index contributed by atoms with van der Waals surface area (Å²) in [5, 5.41) is 0. The van der Waals surface area contributed by atoms with E-state index in [1.54, 1.807) is 18.5 Å². The van der Waals surface area contributed by atoms with Gasteiger partial charge in [-0.15, -0.1) is 0 Å². The number of hydrogen-bond donors (Lipinski definition) is 0. The van der Waals surface area contributed by atoms with Crippen LogP contribution in [0.1, 0.15) is 0 Å². The van der Waals surface area contributed by atoms with Crippen LogP contribution in [0.15, 0.2) is 30.7 Å². The molecule has 2 aromatic rings. The quantitative estimate of drug-likeness (QED) is 0.727. The van der Waals surface area contributed by atoms with Gasteiger partial charge in [0.25, 0.3) is 6.43 Å². The molecule has 0 aliphatic heterocycles. The van der Waals surface area contributed by atoms with Crippen LogP contribution in [-0.4, -0.2) is 35.6 Å². The SMILES string of the molecule is FC(F)COCCOc1cccn2ccnc12. The molecule has 17 heavy (non-hydrogen) atoms. The van der Waals surface area contributed by atoms with E-state index in [0.29, 0.717) is 11.4 Å². The van der Waals surface area contributed by atoms with Gasteiger partial charge in [-0.2, -0.15) is 0 Å². The summed E-state index contributed by atoms with van der Waals surface area (Å²) in [5.74, 6) is 0.609. The van der Waals surface area contributed by atoms with Crippen LogP contribution in [0.4, 0.5) is 8.78 Å². The normalized spacial score (nSPS) is 11.2.